The number of halogens is 2. The summed E-state index contributed by atoms with van der Waals surface area (Å²) >= 11 is 11.2. The smallest absolute Gasteiger partial charge is 0.242 e. The van der Waals surface area contributed by atoms with E-state index in [9.17, 15) is 4.79 Å². The van der Waals surface area contributed by atoms with Gasteiger partial charge in [0.05, 0.1) is 21.7 Å². The van der Waals surface area contributed by atoms with Crippen LogP contribution in [0.1, 0.15) is 10.4 Å². The molecule has 0 radical (unpaired) electrons. The standard InChI is InChI=1S/C15H14BrClN2OS/c16-15-11(17)2-1-3-12(15)18-8-14(20)19-6-4-13-10(9-19)5-7-21-13/h1-3,5,7,18H,4,6,8-9H2. The Morgan fingerprint density at radius 2 is 2.29 bits per heavy atom. The Labute approximate surface area is 141 Å². The molecular weight excluding hydrogens is 372 g/mol. The first-order chi connectivity index (χ1) is 10.1. The molecule has 0 atom stereocenters. The highest BCUT2D eigenvalue weighted by molar-refractivity contribution is 9.10. The minimum absolute atomic E-state index is 0.110. The molecule has 1 N–H and O–H groups in total. The van der Waals surface area contributed by atoms with Crippen molar-refractivity contribution in [3.63, 3.8) is 0 Å². The monoisotopic (exact) mass is 384 g/mol. The molecule has 0 fully saturated rings. The lowest BCUT2D eigenvalue weighted by molar-refractivity contribution is -0.130. The molecular formula is C15H14BrClN2OS. The van der Waals surface area contributed by atoms with Crippen molar-refractivity contribution in [2.75, 3.05) is 18.4 Å². The number of hydrogen-bond donors (Lipinski definition) is 1. The van der Waals surface area contributed by atoms with E-state index in [2.05, 4.69) is 32.7 Å². The van der Waals surface area contributed by atoms with E-state index in [4.69, 9.17) is 11.6 Å². The Morgan fingerprint density at radius 3 is 3.14 bits per heavy atom. The van der Waals surface area contributed by atoms with Gasteiger partial charge in [0, 0.05) is 18.0 Å². The number of nitrogens with one attached hydrogen (secondary N) is 1. The molecule has 2 aromatic rings. The van der Waals surface area contributed by atoms with E-state index in [1.54, 1.807) is 17.4 Å². The van der Waals surface area contributed by atoms with Crippen molar-refractivity contribution in [1.29, 1.82) is 0 Å². The summed E-state index contributed by atoms with van der Waals surface area (Å²) in [6, 6.07) is 7.68. The first-order valence-electron chi connectivity index (χ1n) is 6.66. The van der Waals surface area contributed by atoms with Crippen LogP contribution in [-0.4, -0.2) is 23.9 Å². The van der Waals surface area contributed by atoms with Gasteiger partial charge in [0.15, 0.2) is 0 Å². The van der Waals surface area contributed by atoms with Crippen molar-refractivity contribution in [2.45, 2.75) is 13.0 Å². The number of anilines is 1. The molecule has 1 aromatic carbocycles. The molecule has 0 spiro atoms. The summed E-state index contributed by atoms with van der Waals surface area (Å²) in [7, 11) is 0. The molecule has 3 rings (SSSR count). The molecule has 1 amide bonds. The fourth-order valence-electron chi connectivity index (χ4n) is 2.38. The average molecular weight is 386 g/mol. The van der Waals surface area contributed by atoms with Crippen LogP contribution in [-0.2, 0) is 17.8 Å². The van der Waals surface area contributed by atoms with Crippen LogP contribution in [0.15, 0.2) is 34.1 Å². The highest BCUT2D eigenvalue weighted by Crippen LogP contribution is 2.30. The maximum atomic E-state index is 12.3. The number of nitrogens with zero attached hydrogens (tertiary/aromatic N) is 1. The van der Waals surface area contributed by atoms with Gasteiger partial charge < -0.3 is 10.2 Å². The van der Waals surface area contributed by atoms with Crippen molar-refractivity contribution in [3.8, 4) is 0 Å². The zero-order chi connectivity index (χ0) is 14.8. The van der Waals surface area contributed by atoms with Crippen LogP contribution < -0.4 is 5.32 Å². The topological polar surface area (TPSA) is 32.3 Å². The summed E-state index contributed by atoms with van der Waals surface area (Å²) in [6.45, 7) is 1.79. The van der Waals surface area contributed by atoms with E-state index in [1.165, 1.54) is 10.4 Å². The second-order valence-electron chi connectivity index (χ2n) is 4.89. The van der Waals surface area contributed by atoms with Crippen LogP contribution in [0.4, 0.5) is 5.69 Å². The summed E-state index contributed by atoms with van der Waals surface area (Å²) in [5.74, 6) is 0.110. The molecule has 1 aliphatic heterocycles. The molecule has 110 valence electrons. The van der Waals surface area contributed by atoms with Gasteiger partial charge in [-0.05, 0) is 51.5 Å². The number of carbonyl (C=O) groups excluding carboxylic acids is 1. The Balaban J connectivity index is 1.61. The Kier molecular flexibility index (Phi) is 4.52. The molecule has 6 heteroatoms. The van der Waals surface area contributed by atoms with Gasteiger partial charge in [-0.3, -0.25) is 4.79 Å². The third-order valence-corrected chi connectivity index (χ3v) is 5.96. The first kappa shape index (κ1) is 14.9. The van der Waals surface area contributed by atoms with Crippen molar-refractivity contribution in [2.24, 2.45) is 0 Å². The number of fused-ring (bicyclic) bond motifs is 1. The summed E-state index contributed by atoms with van der Waals surface area (Å²) in [5, 5.41) is 5.88. The Morgan fingerprint density at radius 1 is 1.43 bits per heavy atom. The van der Waals surface area contributed by atoms with Gasteiger partial charge >= 0.3 is 0 Å². The fourth-order valence-corrected chi connectivity index (χ4v) is 3.85. The molecule has 0 saturated heterocycles. The molecule has 0 unspecified atom stereocenters. The molecule has 21 heavy (non-hydrogen) atoms. The number of amides is 1. The molecule has 2 heterocycles. The number of thiophene rings is 1. The lowest BCUT2D eigenvalue weighted by Crippen LogP contribution is -2.38. The summed E-state index contributed by atoms with van der Waals surface area (Å²) in [5.41, 5.74) is 2.12. The molecule has 1 aliphatic rings. The second-order valence-corrected chi connectivity index (χ2v) is 7.09. The van der Waals surface area contributed by atoms with Crippen LogP contribution >= 0.6 is 38.9 Å². The van der Waals surface area contributed by atoms with Gasteiger partial charge in [-0.1, -0.05) is 17.7 Å². The molecule has 1 aromatic heterocycles. The Bertz CT molecular complexity index is 673. The maximum absolute atomic E-state index is 12.3. The molecule has 3 nitrogen and oxygen atoms in total. The fraction of sp³-hybridized carbons (Fsp3) is 0.267. The zero-order valence-corrected chi connectivity index (χ0v) is 14.4. The number of benzene rings is 1. The van der Waals surface area contributed by atoms with Gasteiger partial charge in [0.1, 0.15) is 0 Å². The zero-order valence-electron chi connectivity index (χ0n) is 11.2. The Hall–Kier alpha value is -1.04. The molecule has 0 saturated carbocycles. The van der Waals surface area contributed by atoms with Crippen LogP contribution in [0.3, 0.4) is 0 Å². The lowest BCUT2D eigenvalue weighted by Gasteiger charge is -2.27. The molecule has 0 aliphatic carbocycles. The highest BCUT2D eigenvalue weighted by Gasteiger charge is 2.21. The van der Waals surface area contributed by atoms with Crippen molar-refractivity contribution >= 4 is 50.5 Å². The minimum Gasteiger partial charge on any atom is -0.375 e. The third kappa shape index (κ3) is 3.25. The van der Waals surface area contributed by atoms with E-state index in [-0.39, 0.29) is 12.5 Å². The van der Waals surface area contributed by atoms with Gasteiger partial charge in [0.2, 0.25) is 5.91 Å². The van der Waals surface area contributed by atoms with Gasteiger partial charge in [0.25, 0.3) is 0 Å². The van der Waals surface area contributed by atoms with E-state index in [1.807, 2.05) is 17.0 Å². The maximum Gasteiger partial charge on any atom is 0.242 e. The first-order valence-corrected chi connectivity index (χ1v) is 8.71. The second kappa shape index (κ2) is 6.38. The van der Waals surface area contributed by atoms with E-state index in [0.29, 0.717) is 5.02 Å². The lowest BCUT2D eigenvalue weighted by atomic mass is 10.1. The molecule has 0 bridgehead atoms. The summed E-state index contributed by atoms with van der Waals surface area (Å²) in [6.07, 6.45) is 0.958. The van der Waals surface area contributed by atoms with Gasteiger partial charge in [-0.15, -0.1) is 11.3 Å². The normalized spacial score (nSPS) is 13.9. The van der Waals surface area contributed by atoms with Crippen LogP contribution in [0, 0.1) is 0 Å². The number of rotatable bonds is 3. The van der Waals surface area contributed by atoms with E-state index >= 15 is 0 Å². The van der Waals surface area contributed by atoms with Crippen LogP contribution in [0.5, 0.6) is 0 Å². The number of carbonyl (C=O) groups is 1. The van der Waals surface area contributed by atoms with E-state index < -0.39 is 0 Å². The third-order valence-electron chi connectivity index (χ3n) is 3.54. The predicted octanol–water partition coefficient (Wildman–Crippen LogP) is 4.16. The van der Waals surface area contributed by atoms with Crippen molar-refractivity contribution in [3.05, 3.63) is 49.6 Å². The number of hydrogen-bond acceptors (Lipinski definition) is 3. The van der Waals surface area contributed by atoms with E-state index in [0.717, 1.165) is 29.7 Å². The largest absolute Gasteiger partial charge is 0.375 e. The van der Waals surface area contributed by atoms with Crippen molar-refractivity contribution in [1.82, 2.24) is 4.90 Å². The highest BCUT2D eigenvalue weighted by atomic mass is 79.9. The van der Waals surface area contributed by atoms with Crippen molar-refractivity contribution < 1.29 is 4.79 Å². The SMILES string of the molecule is O=C(CNc1cccc(Cl)c1Br)N1CCc2sccc2C1. The minimum atomic E-state index is 0.110. The van der Waals surface area contributed by atoms with Gasteiger partial charge in [-0.25, -0.2) is 0 Å². The van der Waals surface area contributed by atoms with Crippen LogP contribution in [0.25, 0.3) is 0 Å². The summed E-state index contributed by atoms with van der Waals surface area (Å²) in [4.78, 5) is 15.6. The quantitative estimate of drug-likeness (QED) is 0.860. The van der Waals surface area contributed by atoms with Gasteiger partial charge in [-0.2, -0.15) is 0 Å². The average Bonchev–Trinajstić information content (AvgIpc) is 2.96. The summed E-state index contributed by atoms with van der Waals surface area (Å²) < 4.78 is 0.790. The predicted molar refractivity (Wildman–Crippen MR) is 91.1 cm³/mol. The van der Waals surface area contributed by atoms with Crippen LogP contribution in [0.2, 0.25) is 5.02 Å².